The lowest BCUT2D eigenvalue weighted by Crippen LogP contribution is -3.00. The van der Waals surface area contributed by atoms with Gasteiger partial charge < -0.3 is 37.9 Å². The summed E-state index contributed by atoms with van der Waals surface area (Å²) in [6.07, 6.45) is 9.69. The van der Waals surface area contributed by atoms with E-state index in [1.165, 1.54) is 55.8 Å². The summed E-state index contributed by atoms with van der Waals surface area (Å²) in [5.41, 5.74) is 0.965. The summed E-state index contributed by atoms with van der Waals surface area (Å²) in [5.74, 6) is 1.08. The van der Waals surface area contributed by atoms with Gasteiger partial charge in [-0.3, -0.25) is 0 Å². The van der Waals surface area contributed by atoms with Gasteiger partial charge in [0.15, 0.2) is 0 Å². The van der Waals surface area contributed by atoms with Crippen LogP contribution in [0.25, 0.3) is 6.08 Å². The van der Waals surface area contributed by atoms with Gasteiger partial charge in [-0.15, -0.1) is 0 Å². The standard InChI is InChI=1S/C21H30NO3.HI/c1-22-14-4-3-7-20(22)18(6-5-15-22)16-25-21(23)13-10-17-8-11-19(24-2)12-9-17;/h8-13,18,20H,3-7,14-16H2,1-2H3;1H/q+1;/p-1/t18-,20+,22?;/m0./s1. The van der Waals surface area contributed by atoms with E-state index < -0.39 is 0 Å². The summed E-state index contributed by atoms with van der Waals surface area (Å²) in [6, 6.07) is 8.29. The van der Waals surface area contributed by atoms with E-state index in [-0.39, 0.29) is 29.9 Å². The Morgan fingerprint density at radius 1 is 1.15 bits per heavy atom. The van der Waals surface area contributed by atoms with Crippen LogP contribution in [0.3, 0.4) is 0 Å². The highest BCUT2D eigenvalue weighted by Crippen LogP contribution is 2.36. The summed E-state index contributed by atoms with van der Waals surface area (Å²) >= 11 is 0. The highest BCUT2D eigenvalue weighted by molar-refractivity contribution is 5.87. The molecule has 2 aliphatic heterocycles. The third-order valence-corrected chi connectivity index (χ3v) is 5.97. The van der Waals surface area contributed by atoms with Crippen LogP contribution in [0.1, 0.15) is 37.7 Å². The number of carbonyl (C=O) groups excluding carboxylic acids is 1. The first kappa shape index (κ1) is 21.2. The van der Waals surface area contributed by atoms with Crippen molar-refractivity contribution in [3.8, 4) is 5.75 Å². The normalized spacial score (nSPS) is 28.1. The summed E-state index contributed by atoms with van der Waals surface area (Å²) in [4.78, 5) is 12.1. The van der Waals surface area contributed by atoms with Crippen LogP contribution in [0, 0.1) is 5.92 Å². The van der Waals surface area contributed by atoms with Crippen molar-refractivity contribution in [2.75, 3.05) is 33.9 Å². The first-order valence-electron chi connectivity index (χ1n) is 9.44. The molecule has 2 fully saturated rings. The number of fused-ring (bicyclic) bond motifs is 1. The zero-order chi connectivity index (χ0) is 17.7. The number of quaternary nitrogens is 1. The molecular formula is C21H30INO3. The van der Waals surface area contributed by atoms with Crippen LogP contribution in [0.5, 0.6) is 5.75 Å². The van der Waals surface area contributed by atoms with Gasteiger partial charge in [0.2, 0.25) is 0 Å². The second-order valence-electron chi connectivity index (χ2n) is 7.63. The minimum Gasteiger partial charge on any atom is -1.00 e. The Bertz CT molecular complexity index is 612. The fourth-order valence-electron chi connectivity index (χ4n) is 4.54. The van der Waals surface area contributed by atoms with Crippen LogP contribution in [-0.2, 0) is 9.53 Å². The number of methoxy groups -OCH3 is 1. The zero-order valence-corrected chi connectivity index (χ0v) is 18.0. The second-order valence-corrected chi connectivity index (χ2v) is 7.63. The Hall–Kier alpha value is -1.08. The molecule has 0 radical (unpaired) electrons. The molecule has 0 saturated carbocycles. The van der Waals surface area contributed by atoms with E-state index in [1.54, 1.807) is 13.2 Å². The largest absolute Gasteiger partial charge is 1.00 e. The van der Waals surface area contributed by atoms with E-state index in [0.717, 1.165) is 11.3 Å². The third-order valence-electron chi connectivity index (χ3n) is 5.97. The number of piperidine rings is 2. The molecule has 2 saturated heterocycles. The lowest BCUT2D eigenvalue weighted by atomic mass is 9.82. The lowest BCUT2D eigenvalue weighted by Gasteiger charge is -2.51. The maximum absolute atomic E-state index is 12.1. The Kier molecular flexibility index (Phi) is 7.95. The van der Waals surface area contributed by atoms with Gasteiger partial charge in [0.05, 0.1) is 33.3 Å². The average Bonchev–Trinajstić information content (AvgIpc) is 2.64. The molecule has 26 heavy (non-hydrogen) atoms. The van der Waals surface area contributed by atoms with E-state index in [1.807, 2.05) is 24.3 Å². The highest BCUT2D eigenvalue weighted by Gasteiger charge is 2.43. The molecule has 1 aromatic carbocycles. The van der Waals surface area contributed by atoms with Crippen molar-refractivity contribution in [1.29, 1.82) is 0 Å². The van der Waals surface area contributed by atoms with Crippen LogP contribution in [0.15, 0.2) is 30.3 Å². The van der Waals surface area contributed by atoms with Gasteiger partial charge in [-0.1, -0.05) is 12.1 Å². The molecular weight excluding hydrogens is 441 g/mol. The highest BCUT2D eigenvalue weighted by atomic mass is 127. The van der Waals surface area contributed by atoms with Crippen LogP contribution < -0.4 is 28.7 Å². The number of benzene rings is 1. The molecule has 0 aromatic heterocycles. The van der Waals surface area contributed by atoms with Gasteiger partial charge >= 0.3 is 5.97 Å². The molecule has 144 valence electrons. The molecule has 1 aromatic rings. The van der Waals surface area contributed by atoms with Gasteiger partial charge in [0, 0.05) is 18.4 Å². The van der Waals surface area contributed by atoms with Crippen LogP contribution in [0.4, 0.5) is 0 Å². The molecule has 0 aliphatic carbocycles. The number of hydrogen-bond donors (Lipinski definition) is 0. The van der Waals surface area contributed by atoms with Gasteiger partial charge in [-0.05, 0) is 49.5 Å². The van der Waals surface area contributed by atoms with Crippen LogP contribution in [0.2, 0.25) is 0 Å². The molecule has 3 atom stereocenters. The molecule has 0 bridgehead atoms. The first-order chi connectivity index (χ1) is 12.1. The molecule has 4 nitrogen and oxygen atoms in total. The van der Waals surface area contributed by atoms with Gasteiger partial charge in [-0.2, -0.15) is 0 Å². The topological polar surface area (TPSA) is 35.5 Å². The van der Waals surface area contributed by atoms with E-state index in [4.69, 9.17) is 9.47 Å². The molecule has 2 heterocycles. The number of nitrogens with zero attached hydrogens (tertiary/aromatic N) is 1. The molecule has 2 aliphatic rings. The minimum atomic E-state index is -0.244. The molecule has 3 rings (SSSR count). The van der Waals surface area contributed by atoms with Gasteiger partial charge in [-0.25, -0.2) is 4.79 Å². The van der Waals surface area contributed by atoms with E-state index in [0.29, 0.717) is 18.6 Å². The van der Waals surface area contributed by atoms with E-state index >= 15 is 0 Å². The Morgan fingerprint density at radius 2 is 1.88 bits per heavy atom. The van der Waals surface area contributed by atoms with Crippen molar-refractivity contribution in [3.63, 3.8) is 0 Å². The summed E-state index contributed by atoms with van der Waals surface area (Å²) in [5, 5.41) is 0. The number of rotatable bonds is 5. The number of hydrogen-bond acceptors (Lipinski definition) is 3. The van der Waals surface area contributed by atoms with Gasteiger partial charge in [0.1, 0.15) is 12.4 Å². The van der Waals surface area contributed by atoms with Crippen molar-refractivity contribution in [2.45, 2.75) is 38.1 Å². The van der Waals surface area contributed by atoms with E-state index in [9.17, 15) is 4.79 Å². The predicted molar refractivity (Wildman–Crippen MR) is 99.3 cm³/mol. The quantitative estimate of drug-likeness (QED) is 0.274. The first-order valence-corrected chi connectivity index (χ1v) is 9.44. The van der Waals surface area contributed by atoms with Gasteiger partial charge in [0.25, 0.3) is 0 Å². The van der Waals surface area contributed by atoms with Crippen molar-refractivity contribution in [1.82, 2.24) is 0 Å². The monoisotopic (exact) mass is 471 g/mol. The molecule has 5 heteroatoms. The number of halogens is 1. The number of carbonyl (C=O) groups is 1. The van der Waals surface area contributed by atoms with Crippen LogP contribution >= 0.6 is 0 Å². The Balaban J connectivity index is 0.00000243. The lowest BCUT2D eigenvalue weighted by molar-refractivity contribution is -0.947. The zero-order valence-electron chi connectivity index (χ0n) is 15.8. The third kappa shape index (κ3) is 5.22. The summed E-state index contributed by atoms with van der Waals surface area (Å²) in [6.45, 7) is 3.13. The maximum atomic E-state index is 12.1. The fraction of sp³-hybridized carbons (Fsp3) is 0.571. The van der Waals surface area contributed by atoms with Crippen molar-refractivity contribution in [2.24, 2.45) is 5.92 Å². The van der Waals surface area contributed by atoms with Crippen molar-refractivity contribution in [3.05, 3.63) is 35.9 Å². The Labute approximate surface area is 174 Å². The van der Waals surface area contributed by atoms with Crippen molar-refractivity contribution < 1.29 is 42.7 Å². The second kappa shape index (κ2) is 9.74. The molecule has 0 N–H and O–H groups in total. The SMILES string of the molecule is COc1ccc(C=CC(=O)OC[C@@H]2CCC[N+]3(C)CCCC[C@H]23)cc1.[I-]. The Morgan fingerprint density at radius 3 is 2.62 bits per heavy atom. The molecule has 1 unspecified atom stereocenters. The van der Waals surface area contributed by atoms with Crippen LogP contribution in [-0.4, -0.2) is 50.3 Å². The molecule has 0 spiro atoms. The average molecular weight is 471 g/mol. The number of esters is 1. The fourth-order valence-corrected chi connectivity index (χ4v) is 4.54. The summed E-state index contributed by atoms with van der Waals surface area (Å²) in [7, 11) is 4.03. The predicted octanol–water partition coefficient (Wildman–Crippen LogP) is 0.665. The maximum Gasteiger partial charge on any atom is 0.330 e. The van der Waals surface area contributed by atoms with E-state index in [2.05, 4.69) is 7.05 Å². The number of ether oxygens (including phenoxy) is 2. The van der Waals surface area contributed by atoms with Crippen molar-refractivity contribution >= 4 is 12.0 Å². The molecule has 0 amide bonds. The summed E-state index contributed by atoms with van der Waals surface area (Å²) < 4.78 is 11.9. The minimum absolute atomic E-state index is 0. The smallest absolute Gasteiger partial charge is 0.330 e.